The molecule has 0 bridgehead atoms. The average molecular weight is 194 g/mol. The number of aliphatic carboxylic acids is 2. The van der Waals surface area contributed by atoms with Crippen molar-refractivity contribution in [1.29, 1.82) is 0 Å². The molecule has 0 heterocycles. The SMILES string of the molecule is [N-]=[N+]=C1C=CC(C(=O)O)C(C(=O)O)=C1. The third-order valence-corrected chi connectivity index (χ3v) is 1.73. The zero-order valence-electron chi connectivity index (χ0n) is 6.91. The van der Waals surface area contributed by atoms with Crippen molar-refractivity contribution in [3.05, 3.63) is 29.3 Å². The van der Waals surface area contributed by atoms with Crippen molar-refractivity contribution in [2.75, 3.05) is 0 Å². The van der Waals surface area contributed by atoms with Crippen LogP contribution in [-0.2, 0) is 9.59 Å². The number of nitrogens with zero attached hydrogens (tertiary/aromatic N) is 2. The summed E-state index contributed by atoms with van der Waals surface area (Å²) in [5, 5.41) is 17.3. The van der Waals surface area contributed by atoms with E-state index in [0.717, 1.165) is 12.2 Å². The van der Waals surface area contributed by atoms with Crippen molar-refractivity contribution in [2.45, 2.75) is 0 Å². The van der Waals surface area contributed by atoms with Gasteiger partial charge in [0.25, 0.3) is 0 Å². The van der Waals surface area contributed by atoms with E-state index in [-0.39, 0.29) is 11.3 Å². The van der Waals surface area contributed by atoms with E-state index >= 15 is 0 Å². The third kappa shape index (κ3) is 1.75. The lowest BCUT2D eigenvalue weighted by Gasteiger charge is -2.09. The van der Waals surface area contributed by atoms with Crippen molar-refractivity contribution >= 4 is 17.7 Å². The predicted octanol–water partition coefficient (Wildman–Crippen LogP) is -0.0612. The van der Waals surface area contributed by atoms with Crippen LogP contribution in [-0.4, -0.2) is 32.7 Å². The number of carboxylic acid groups (broad SMARTS) is 2. The molecule has 0 fully saturated rings. The molecule has 1 rings (SSSR count). The van der Waals surface area contributed by atoms with Crippen LogP contribution < -0.4 is 0 Å². The van der Waals surface area contributed by atoms with Crippen LogP contribution in [0.4, 0.5) is 0 Å². The van der Waals surface area contributed by atoms with Crippen LogP contribution >= 0.6 is 0 Å². The summed E-state index contributed by atoms with van der Waals surface area (Å²) in [6.07, 6.45) is 3.41. The van der Waals surface area contributed by atoms with Crippen molar-refractivity contribution in [3.8, 4) is 0 Å². The normalized spacial score (nSPS) is 19.9. The highest BCUT2D eigenvalue weighted by molar-refractivity contribution is 6.09. The van der Waals surface area contributed by atoms with Crippen LogP contribution in [0, 0.1) is 5.92 Å². The molecule has 0 spiro atoms. The Labute approximate surface area is 78.4 Å². The molecule has 14 heavy (non-hydrogen) atoms. The van der Waals surface area contributed by atoms with Gasteiger partial charge in [-0.05, 0) is 0 Å². The fourth-order valence-corrected chi connectivity index (χ4v) is 1.07. The van der Waals surface area contributed by atoms with Gasteiger partial charge in [-0.15, -0.1) is 0 Å². The Hall–Kier alpha value is -2.20. The molecule has 0 radical (unpaired) electrons. The molecule has 1 aliphatic carbocycles. The van der Waals surface area contributed by atoms with Crippen molar-refractivity contribution in [2.24, 2.45) is 5.92 Å². The molecule has 0 aliphatic heterocycles. The summed E-state index contributed by atoms with van der Waals surface area (Å²) in [5.41, 5.74) is 8.05. The summed E-state index contributed by atoms with van der Waals surface area (Å²) in [4.78, 5) is 24.0. The molecule has 6 heteroatoms. The maximum Gasteiger partial charge on any atom is 0.333 e. The Morgan fingerprint density at radius 2 is 2.07 bits per heavy atom. The Bertz CT molecular complexity index is 402. The molecular formula is C8H6N2O4. The van der Waals surface area contributed by atoms with Gasteiger partial charge in [-0.2, -0.15) is 4.79 Å². The lowest BCUT2D eigenvalue weighted by Crippen LogP contribution is -2.23. The van der Waals surface area contributed by atoms with E-state index in [0.29, 0.717) is 0 Å². The molecule has 6 nitrogen and oxygen atoms in total. The Balaban J connectivity index is 3.16. The maximum atomic E-state index is 10.6. The van der Waals surface area contributed by atoms with Gasteiger partial charge in [0, 0.05) is 12.2 Å². The van der Waals surface area contributed by atoms with Gasteiger partial charge in [-0.25, -0.2) is 4.79 Å². The van der Waals surface area contributed by atoms with Gasteiger partial charge in [-0.1, -0.05) is 6.08 Å². The number of hydrogen-bond acceptors (Lipinski definition) is 2. The number of hydrogen-bond donors (Lipinski definition) is 2. The van der Waals surface area contributed by atoms with Crippen LogP contribution in [0.1, 0.15) is 0 Å². The predicted molar refractivity (Wildman–Crippen MR) is 44.6 cm³/mol. The molecule has 0 aromatic heterocycles. The quantitative estimate of drug-likeness (QED) is 0.473. The van der Waals surface area contributed by atoms with E-state index in [1.807, 2.05) is 0 Å². The van der Waals surface area contributed by atoms with Crippen molar-refractivity contribution in [3.63, 3.8) is 0 Å². The minimum Gasteiger partial charge on any atom is -0.481 e. The first-order chi connectivity index (χ1) is 6.56. The van der Waals surface area contributed by atoms with E-state index < -0.39 is 17.9 Å². The largest absolute Gasteiger partial charge is 0.481 e. The average Bonchev–Trinajstić information content (AvgIpc) is 2.16. The second-order valence-corrected chi connectivity index (χ2v) is 2.60. The van der Waals surface area contributed by atoms with Gasteiger partial charge in [-0.3, -0.25) is 4.79 Å². The van der Waals surface area contributed by atoms with Crippen LogP contribution in [0.25, 0.3) is 5.53 Å². The van der Waals surface area contributed by atoms with Crippen LogP contribution in [0.2, 0.25) is 0 Å². The van der Waals surface area contributed by atoms with Crippen LogP contribution in [0.3, 0.4) is 0 Å². The van der Waals surface area contributed by atoms with E-state index in [1.54, 1.807) is 0 Å². The number of rotatable bonds is 2. The second-order valence-electron chi connectivity index (χ2n) is 2.60. The van der Waals surface area contributed by atoms with Gasteiger partial charge >= 0.3 is 17.7 Å². The highest BCUT2D eigenvalue weighted by Crippen LogP contribution is 2.17. The standard InChI is InChI=1S/C8H6N2O4/c9-10-4-1-2-5(7(11)12)6(3-4)8(13)14/h1-3,5H,(H,11,12)(H,13,14). The summed E-state index contributed by atoms with van der Waals surface area (Å²) in [7, 11) is 0. The van der Waals surface area contributed by atoms with Crippen LogP contribution in [0.15, 0.2) is 23.8 Å². The number of carboxylic acids is 2. The monoisotopic (exact) mass is 194 g/mol. The minimum absolute atomic E-state index is 0.0138. The third-order valence-electron chi connectivity index (χ3n) is 1.73. The summed E-state index contributed by atoms with van der Waals surface area (Å²) in [6.45, 7) is 0. The van der Waals surface area contributed by atoms with Gasteiger partial charge in [0.05, 0.1) is 5.57 Å². The first-order valence-electron chi connectivity index (χ1n) is 3.64. The van der Waals surface area contributed by atoms with E-state index in [2.05, 4.69) is 4.79 Å². The lowest BCUT2D eigenvalue weighted by molar-refractivity contribution is -0.142. The Morgan fingerprint density at radius 3 is 2.50 bits per heavy atom. The molecule has 72 valence electrons. The van der Waals surface area contributed by atoms with Crippen molar-refractivity contribution in [1.82, 2.24) is 0 Å². The lowest BCUT2D eigenvalue weighted by atomic mass is 9.93. The molecule has 0 saturated heterocycles. The molecule has 0 aromatic rings. The summed E-state index contributed by atoms with van der Waals surface area (Å²) in [5.74, 6) is -3.80. The van der Waals surface area contributed by atoms with Gasteiger partial charge in [0.2, 0.25) is 0 Å². The topological polar surface area (TPSA) is 111 Å². The second kappa shape index (κ2) is 3.68. The first kappa shape index (κ1) is 9.88. The fraction of sp³-hybridized carbons (Fsp3) is 0.125. The fourth-order valence-electron chi connectivity index (χ4n) is 1.07. The summed E-state index contributed by atoms with van der Waals surface area (Å²) >= 11 is 0. The van der Waals surface area contributed by atoms with Crippen molar-refractivity contribution < 1.29 is 24.6 Å². The molecular weight excluding hydrogens is 188 g/mol. The molecule has 0 saturated carbocycles. The van der Waals surface area contributed by atoms with Gasteiger partial charge in [0.15, 0.2) is 0 Å². The van der Waals surface area contributed by atoms with Gasteiger partial charge in [0.1, 0.15) is 5.92 Å². The zero-order valence-corrected chi connectivity index (χ0v) is 6.91. The van der Waals surface area contributed by atoms with E-state index in [1.165, 1.54) is 6.08 Å². The summed E-state index contributed by atoms with van der Waals surface area (Å²) in [6, 6.07) is 0. The number of carbonyl (C=O) groups is 2. The number of allylic oxidation sites excluding steroid dienone is 2. The van der Waals surface area contributed by atoms with E-state index in [9.17, 15) is 9.59 Å². The molecule has 0 amide bonds. The molecule has 1 unspecified atom stereocenters. The Kier molecular flexibility index (Phi) is 2.59. The summed E-state index contributed by atoms with van der Waals surface area (Å²) < 4.78 is 0. The highest BCUT2D eigenvalue weighted by Gasteiger charge is 2.29. The Morgan fingerprint density at radius 1 is 1.43 bits per heavy atom. The first-order valence-corrected chi connectivity index (χ1v) is 3.64. The van der Waals surface area contributed by atoms with Gasteiger partial charge < -0.3 is 15.7 Å². The molecule has 2 N–H and O–H groups in total. The molecule has 1 aliphatic rings. The van der Waals surface area contributed by atoms with Crippen LogP contribution in [0.5, 0.6) is 0 Å². The van der Waals surface area contributed by atoms with E-state index in [4.69, 9.17) is 15.7 Å². The smallest absolute Gasteiger partial charge is 0.333 e. The molecule has 0 aromatic carbocycles. The maximum absolute atomic E-state index is 10.6. The highest BCUT2D eigenvalue weighted by atomic mass is 16.4. The zero-order chi connectivity index (χ0) is 10.7. The minimum atomic E-state index is -1.34. The molecule has 1 atom stereocenters.